The topological polar surface area (TPSA) is 93.1 Å². The molecule has 0 radical (unpaired) electrons. The van der Waals surface area contributed by atoms with Crippen LogP contribution in [-0.4, -0.2) is 22.2 Å². The van der Waals surface area contributed by atoms with Gasteiger partial charge in [-0.15, -0.1) is 22.7 Å². The number of alkyl halides is 6. The highest BCUT2D eigenvalue weighted by atomic mass is 32.1. The summed E-state index contributed by atoms with van der Waals surface area (Å²) >= 11 is 2.96. The van der Waals surface area contributed by atoms with Crippen molar-refractivity contribution in [3.63, 3.8) is 0 Å². The van der Waals surface area contributed by atoms with E-state index in [0.29, 0.717) is 37.6 Å². The Morgan fingerprint density at radius 3 is 1.44 bits per heavy atom. The largest absolute Gasteiger partial charge is 0.488 e. The molecule has 0 aliphatic heterocycles. The van der Waals surface area contributed by atoms with Crippen LogP contribution in [0.3, 0.4) is 0 Å². The maximum absolute atomic E-state index is 12.7. The van der Waals surface area contributed by atoms with Crippen LogP contribution in [0.2, 0.25) is 0 Å². The van der Waals surface area contributed by atoms with E-state index in [-0.39, 0.29) is 12.8 Å². The molecule has 310 valence electrons. The summed E-state index contributed by atoms with van der Waals surface area (Å²) in [6.45, 7) is 6.48. The molecule has 0 saturated carbocycles. The van der Waals surface area contributed by atoms with Gasteiger partial charge in [-0.2, -0.15) is 26.3 Å². The minimum Gasteiger partial charge on any atom is -0.488 e. The number of aryl methyl sites for hydroxylation is 5. The lowest BCUT2D eigenvalue weighted by molar-refractivity contribution is -0.138. The van der Waals surface area contributed by atoms with Gasteiger partial charge in [-0.25, -0.2) is 0 Å². The van der Waals surface area contributed by atoms with Crippen molar-refractivity contribution in [2.24, 2.45) is 0 Å². The van der Waals surface area contributed by atoms with E-state index in [9.17, 15) is 35.9 Å². The molecule has 0 aliphatic carbocycles. The SMILES string of the molecule is Cc1cc(OCc2ccc(-c3ccc(C(F)(F)F)cc3)s2)ccc1CCC(=O)O.Cc1cc(OCc2sc(-c3ccc(C(F)(F)F)cc3)cc2C)ccc1CCC(=O)O. The molecule has 0 aliphatic rings. The van der Waals surface area contributed by atoms with Gasteiger partial charge in [-0.3, -0.25) is 9.59 Å². The van der Waals surface area contributed by atoms with Crippen molar-refractivity contribution >= 4 is 34.6 Å². The average molecular weight is 855 g/mol. The Hall–Kier alpha value is -5.60. The number of halogens is 6. The quantitative estimate of drug-likeness (QED) is 0.106. The van der Waals surface area contributed by atoms with Crippen LogP contribution in [-0.2, 0) is 48.0 Å². The van der Waals surface area contributed by atoms with E-state index in [1.54, 1.807) is 0 Å². The molecule has 59 heavy (non-hydrogen) atoms. The van der Waals surface area contributed by atoms with E-state index >= 15 is 0 Å². The smallest absolute Gasteiger partial charge is 0.416 e. The highest BCUT2D eigenvalue weighted by molar-refractivity contribution is 7.15. The summed E-state index contributed by atoms with van der Waals surface area (Å²) in [6, 6.07) is 27.1. The summed E-state index contributed by atoms with van der Waals surface area (Å²) in [5.74, 6) is -0.278. The van der Waals surface area contributed by atoms with Crippen molar-refractivity contribution in [1.29, 1.82) is 0 Å². The standard InChI is InChI=1S/C23H21F3O3S.C22H19F3O3S/c1-14-11-19(9-5-16(14)6-10-22(27)28)29-13-21-15(2)12-20(30-21)17-3-7-18(8-4-17)23(24,25)26;1-14-12-18(8-4-15(14)5-11-21(26)27)28-13-19-9-10-20(29-19)16-2-6-17(7-3-16)22(23,24)25/h3-5,7-9,11-12H,6,10,13H2,1-2H3,(H,27,28);2-4,6-10,12H,5,11,13H2,1H3,(H,26,27). The molecule has 6 nitrogen and oxygen atoms in total. The third kappa shape index (κ3) is 12.9. The number of ether oxygens (including phenoxy) is 2. The number of aliphatic carboxylic acids is 2. The van der Waals surface area contributed by atoms with Gasteiger partial charge in [0.2, 0.25) is 0 Å². The number of carboxylic acid groups (broad SMARTS) is 2. The van der Waals surface area contributed by atoms with Gasteiger partial charge in [0.15, 0.2) is 0 Å². The fraction of sp³-hybridized carbons (Fsp3) is 0.244. The zero-order valence-corrected chi connectivity index (χ0v) is 33.8. The Labute approximate surface area is 345 Å². The van der Waals surface area contributed by atoms with Gasteiger partial charge in [0, 0.05) is 32.4 Å². The zero-order valence-electron chi connectivity index (χ0n) is 32.2. The normalized spacial score (nSPS) is 11.5. The third-order valence-electron chi connectivity index (χ3n) is 9.27. The van der Waals surface area contributed by atoms with Crippen LogP contribution in [0.25, 0.3) is 20.9 Å². The first-order valence-corrected chi connectivity index (χ1v) is 19.9. The first kappa shape index (κ1) is 44.5. The van der Waals surface area contributed by atoms with Gasteiger partial charge in [0.05, 0.1) is 11.1 Å². The van der Waals surface area contributed by atoms with Crippen LogP contribution in [0, 0.1) is 20.8 Å². The molecule has 6 aromatic rings. The van der Waals surface area contributed by atoms with Crippen LogP contribution in [0.4, 0.5) is 26.3 Å². The summed E-state index contributed by atoms with van der Waals surface area (Å²) in [4.78, 5) is 25.1. The molecule has 4 aromatic carbocycles. The van der Waals surface area contributed by atoms with E-state index in [1.165, 1.54) is 46.9 Å². The van der Waals surface area contributed by atoms with Crippen LogP contribution >= 0.6 is 22.7 Å². The van der Waals surface area contributed by atoms with Gasteiger partial charge in [0.25, 0.3) is 0 Å². The highest BCUT2D eigenvalue weighted by Gasteiger charge is 2.31. The minimum absolute atomic E-state index is 0.0855. The molecule has 0 bridgehead atoms. The lowest BCUT2D eigenvalue weighted by Gasteiger charge is -2.09. The van der Waals surface area contributed by atoms with Crippen molar-refractivity contribution in [3.05, 3.63) is 152 Å². The Kier molecular flexibility index (Phi) is 14.7. The van der Waals surface area contributed by atoms with Crippen molar-refractivity contribution in [2.45, 2.75) is 72.0 Å². The molecule has 0 amide bonds. The van der Waals surface area contributed by atoms with Gasteiger partial charge in [0.1, 0.15) is 24.7 Å². The third-order valence-corrected chi connectivity index (χ3v) is 11.6. The van der Waals surface area contributed by atoms with E-state index in [2.05, 4.69) is 0 Å². The zero-order chi connectivity index (χ0) is 42.9. The summed E-state index contributed by atoms with van der Waals surface area (Å²) in [5, 5.41) is 17.6. The molecule has 0 spiro atoms. The number of carbonyl (C=O) groups is 2. The Morgan fingerprint density at radius 1 is 0.542 bits per heavy atom. The number of hydrogen-bond acceptors (Lipinski definition) is 6. The number of benzene rings is 4. The van der Waals surface area contributed by atoms with Crippen molar-refractivity contribution in [2.75, 3.05) is 0 Å². The van der Waals surface area contributed by atoms with E-state index in [4.69, 9.17) is 19.7 Å². The molecule has 0 atom stereocenters. The van der Waals surface area contributed by atoms with Gasteiger partial charge in [-0.1, -0.05) is 36.4 Å². The van der Waals surface area contributed by atoms with E-state index in [0.717, 1.165) is 82.7 Å². The van der Waals surface area contributed by atoms with E-state index in [1.807, 2.05) is 75.4 Å². The molecule has 2 heterocycles. The molecule has 0 saturated heterocycles. The Morgan fingerprint density at radius 2 is 1.00 bits per heavy atom. The Balaban J connectivity index is 0.000000224. The fourth-order valence-corrected chi connectivity index (χ4v) is 7.95. The van der Waals surface area contributed by atoms with Crippen LogP contribution in [0.1, 0.15) is 61.5 Å². The second kappa shape index (κ2) is 19.4. The highest BCUT2D eigenvalue weighted by Crippen LogP contribution is 2.36. The molecule has 0 fully saturated rings. The average Bonchev–Trinajstić information content (AvgIpc) is 3.81. The monoisotopic (exact) mass is 854 g/mol. The van der Waals surface area contributed by atoms with Crippen LogP contribution < -0.4 is 9.47 Å². The fourth-order valence-electron chi connectivity index (χ4n) is 5.93. The number of hydrogen-bond donors (Lipinski definition) is 2. The van der Waals surface area contributed by atoms with Crippen LogP contribution in [0.15, 0.2) is 103 Å². The molecular formula is C45H40F6O6S2. The predicted molar refractivity (Wildman–Crippen MR) is 217 cm³/mol. The Bertz CT molecular complexity index is 2360. The number of thiophene rings is 2. The summed E-state index contributed by atoms with van der Waals surface area (Å²) < 4.78 is 88.0. The van der Waals surface area contributed by atoms with Gasteiger partial charge >= 0.3 is 24.3 Å². The second-order valence-electron chi connectivity index (χ2n) is 13.7. The van der Waals surface area contributed by atoms with Gasteiger partial charge in [-0.05, 0) is 139 Å². The maximum Gasteiger partial charge on any atom is 0.416 e. The molecule has 2 aromatic heterocycles. The second-order valence-corrected chi connectivity index (χ2v) is 16.0. The summed E-state index contributed by atoms with van der Waals surface area (Å²) in [5.41, 5.74) is 5.05. The molecule has 2 N–H and O–H groups in total. The van der Waals surface area contributed by atoms with Crippen molar-refractivity contribution in [3.8, 4) is 32.4 Å². The van der Waals surface area contributed by atoms with E-state index < -0.39 is 35.4 Å². The number of rotatable bonds is 14. The van der Waals surface area contributed by atoms with Crippen molar-refractivity contribution < 1.29 is 55.6 Å². The minimum atomic E-state index is -4.34. The number of carboxylic acids is 2. The first-order valence-electron chi connectivity index (χ1n) is 18.3. The molecule has 6 rings (SSSR count). The maximum atomic E-state index is 12.7. The predicted octanol–water partition coefficient (Wildman–Crippen LogP) is 13.0. The van der Waals surface area contributed by atoms with Gasteiger partial charge < -0.3 is 19.7 Å². The summed E-state index contributed by atoms with van der Waals surface area (Å²) in [6.07, 6.45) is -7.56. The summed E-state index contributed by atoms with van der Waals surface area (Å²) in [7, 11) is 0. The lowest BCUT2D eigenvalue weighted by Crippen LogP contribution is -2.03. The first-order chi connectivity index (χ1) is 27.8. The van der Waals surface area contributed by atoms with Crippen LogP contribution in [0.5, 0.6) is 11.5 Å². The molecule has 14 heteroatoms. The van der Waals surface area contributed by atoms with Crippen molar-refractivity contribution in [1.82, 2.24) is 0 Å². The molecule has 0 unspecified atom stereocenters. The molecular weight excluding hydrogens is 815 g/mol. The lowest BCUT2D eigenvalue weighted by atomic mass is 10.0.